The van der Waals surface area contributed by atoms with Crippen LogP contribution in [0.5, 0.6) is 5.75 Å². The van der Waals surface area contributed by atoms with E-state index in [2.05, 4.69) is 20.4 Å². The molecular weight excluding hydrogens is 417 g/mol. The van der Waals surface area contributed by atoms with Gasteiger partial charge in [-0.3, -0.25) is 15.8 Å². The molecule has 12 heteroatoms. The lowest BCUT2D eigenvalue weighted by molar-refractivity contribution is -0.437. The van der Waals surface area contributed by atoms with E-state index < -0.39 is 16.9 Å². The highest BCUT2D eigenvalue weighted by Crippen LogP contribution is 2.32. The highest BCUT2D eigenvalue weighted by Gasteiger charge is 2.44. The predicted molar refractivity (Wildman–Crippen MR) is 107 cm³/mol. The first-order valence-corrected chi connectivity index (χ1v) is 9.87. The van der Waals surface area contributed by atoms with Crippen molar-refractivity contribution in [1.29, 1.82) is 0 Å². The molecular formula is C19H25F3N6O3. The van der Waals surface area contributed by atoms with Crippen molar-refractivity contribution < 1.29 is 22.8 Å². The second-order valence-electron chi connectivity index (χ2n) is 7.87. The zero-order valence-electron chi connectivity index (χ0n) is 16.7. The van der Waals surface area contributed by atoms with Crippen LogP contribution in [-0.4, -0.2) is 28.9 Å². The number of aliphatic imine (C=N–C) groups is 1. The summed E-state index contributed by atoms with van der Waals surface area (Å²) in [6.45, 7) is 0.0143. The van der Waals surface area contributed by atoms with E-state index in [1.165, 1.54) is 24.4 Å². The van der Waals surface area contributed by atoms with Gasteiger partial charge in [-0.15, -0.1) is 13.2 Å². The van der Waals surface area contributed by atoms with E-state index in [0.717, 1.165) is 25.7 Å². The molecule has 1 aromatic carbocycles. The number of alkyl halides is 3. The van der Waals surface area contributed by atoms with Crippen LogP contribution in [0.2, 0.25) is 0 Å². The molecule has 1 fully saturated rings. The molecule has 170 valence electrons. The molecule has 0 aromatic heterocycles. The average molecular weight is 442 g/mol. The number of rotatable bonds is 6. The number of ether oxygens (including phenoxy) is 1. The minimum absolute atomic E-state index is 0.0143. The lowest BCUT2D eigenvalue weighted by Crippen LogP contribution is -2.64. The number of nitrogens with two attached hydrogens (primary N) is 2. The van der Waals surface area contributed by atoms with E-state index in [-0.39, 0.29) is 35.9 Å². The average Bonchev–Trinajstić information content (AvgIpc) is 2.67. The van der Waals surface area contributed by atoms with Gasteiger partial charge < -0.3 is 21.1 Å². The Morgan fingerprint density at radius 1 is 1.29 bits per heavy atom. The van der Waals surface area contributed by atoms with E-state index >= 15 is 0 Å². The van der Waals surface area contributed by atoms with Crippen molar-refractivity contribution in [2.24, 2.45) is 22.4 Å². The van der Waals surface area contributed by atoms with E-state index in [9.17, 15) is 23.3 Å². The van der Waals surface area contributed by atoms with E-state index in [0.29, 0.717) is 12.0 Å². The summed E-state index contributed by atoms with van der Waals surface area (Å²) in [5.74, 6) is 0.0212. The first kappa shape index (κ1) is 22.8. The molecule has 1 saturated carbocycles. The van der Waals surface area contributed by atoms with Gasteiger partial charge in [0.1, 0.15) is 5.75 Å². The molecule has 3 rings (SSSR count). The Bertz CT molecular complexity index is 868. The van der Waals surface area contributed by atoms with Gasteiger partial charge in [-0.05, 0) is 55.7 Å². The Morgan fingerprint density at radius 3 is 2.65 bits per heavy atom. The van der Waals surface area contributed by atoms with Gasteiger partial charge >= 0.3 is 12.1 Å². The van der Waals surface area contributed by atoms with Crippen LogP contribution in [0.25, 0.3) is 0 Å². The van der Waals surface area contributed by atoms with Crippen molar-refractivity contribution >= 4 is 5.96 Å². The predicted octanol–water partition coefficient (Wildman–Crippen LogP) is 2.31. The van der Waals surface area contributed by atoms with Gasteiger partial charge in [0.15, 0.2) is 11.6 Å². The summed E-state index contributed by atoms with van der Waals surface area (Å²) in [6, 6.07) is 5.57. The molecule has 1 unspecified atom stereocenters. The van der Waals surface area contributed by atoms with E-state index in [1.807, 2.05) is 0 Å². The van der Waals surface area contributed by atoms with Crippen molar-refractivity contribution in [3.05, 3.63) is 51.8 Å². The second kappa shape index (κ2) is 9.10. The molecule has 0 bridgehead atoms. The smallest absolute Gasteiger partial charge is 0.406 e. The number of hydrogen-bond acceptors (Lipinski definition) is 6. The van der Waals surface area contributed by atoms with Gasteiger partial charge in [-0.25, -0.2) is 4.99 Å². The third-order valence-corrected chi connectivity index (χ3v) is 5.39. The van der Waals surface area contributed by atoms with Crippen molar-refractivity contribution in [2.45, 2.75) is 56.7 Å². The van der Waals surface area contributed by atoms with E-state index in [4.69, 9.17) is 11.5 Å². The lowest BCUT2D eigenvalue weighted by atomic mass is 9.80. The Kier molecular flexibility index (Phi) is 6.70. The standard InChI is InChI=1S/C19H25F3N6O3/c20-19(21,22)31-15-3-1-2-13(8-15)10-25-17-26-11-16(28(29)30)18(24,27-17)9-12-4-6-14(23)7-5-12/h1-3,8,11-12,14H,4-7,9-10,23-24H2,(H2,25,26,27). The fraction of sp³-hybridized carbons (Fsp3) is 0.526. The van der Waals surface area contributed by atoms with Crippen molar-refractivity contribution in [2.75, 3.05) is 0 Å². The minimum Gasteiger partial charge on any atom is -0.406 e. The van der Waals surface area contributed by atoms with Crippen molar-refractivity contribution in [3.63, 3.8) is 0 Å². The molecule has 1 heterocycles. The summed E-state index contributed by atoms with van der Waals surface area (Å²) >= 11 is 0. The number of halogens is 3. The van der Waals surface area contributed by atoms with Crippen LogP contribution >= 0.6 is 0 Å². The largest absolute Gasteiger partial charge is 0.573 e. The Morgan fingerprint density at radius 2 is 2.00 bits per heavy atom. The molecule has 31 heavy (non-hydrogen) atoms. The zero-order chi connectivity index (χ0) is 22.6. The zero-order valence-corrected chi connectivity index (χ0v) is 16.7. The maximum absolute atomic E-state index is 12.4. The monoisotopic (exact) mass is 442 g/mol. The maximum Gasteiger partial charge on any atom is 0.573 e. The van der Waals surface area contributed by atoms with Gasteiger partial charge in [-0.1, -0.05) is 12.1 Å². The Balaban J connectivity index is 1.72. The Hall–Kier alpha value is -2.86. The highest BCUT2D eigenvalue weighted by molar-refractivity contribution is 5.83. The van der Waals surface area contributed by atoms with Gasteiger partial charge in [0.25, 0.3) is 0 Å². The van der Waals surface area contributed by atoms with Gasteiger partial charge in [-0.2, -0.15) is 0 Å². The number of hydrogen-bond donors (Lipinski definition) is 4. The molecule has 6 N–H and O–H groups in total. The molecule has 9 nitrogen and oxygen atoms in total. The molecule has 1 aliphatic heterocycles. The molecule has 0 amide bonds. The fourth-order valence-electron chi connectivity index (χ4n) is 3.89. The molecule has 1 atom stereocenters. The van der Waals surface area contributed by atoms with E-state index in [1.54, 1.807) is 6.07 Å². The van der Waals surface area contributed by atoms with Gasteiger partial charge in [0.2, 0.25) is 0 Å². The van der Waals surface area contributed by atoms with Gasteiger partial charge in [0, 0.05) is 6.04 Å². The third-order valence-electron chi connectivity index (χ3n) is 5.39. The maximum atomic E-state index is 12.4. The molecule has 0 spiro atoms. The molecule has 0 saturated heterocycles. The number of nitrogens with zero attached hydrogens (tertiary/aromatic N) is 2. The van der Waals surface area contributed by atoms with Crippen molar-refractivity contribution in [3.8, 4) is 5.75 Å². The number of nitro groups is 1. The molecule has 1 aromatic rings. The lowest BCUT2D eigenvalue weighted by Gasteiger charge is -2.37. The Labute approximate surface area is 176 Å². The summed E-state index contributed by atoms with van der Waals surface area (Å²) in [6.07, 6.45) is 0.0944. The first-order valence-electron chi connectivity index (χ1n) is 9.87. The van der Waals surface area contributed by atoms with Gasteiger partial charge in [0.05, 0.1) is 17.7 Å². The third kappa shape index (κ3) is 6.31. The number of guanidine groups is 1. The quantitative estimate of drug-likeness (QED) is 0.391. The molecule has 0 radical (unpaired) electrons. The first-order chi connectivity index (χ1) is 14.5. The summed E-state index contributed by atoms with van der Waals surface area (Å²) in [7, 11) is 0. The van der Waals surface area contributed by atoms with Crippen LogP contribution in [-0.2, 0) is 6.54 Å². The number of benzene rings is 1. The summed E-state index contributed by atoms with van der Waals surface area (Å²) in [4.78, 5) is 15.3. The van der Waals surface area contributed by atoms with Crippen LogP contribution < -0.4 is 26.8 Å². The SMILES string of the molecule is NC1CCC(CC2(N)NC(=NCc3cccc(OC(F)(F)F)c3)NC=C2[N+](=O)[O-])CC1. The second-order valence-corrected chi connectivity index (χ2v) is 7.87. The molecule has 2 aliphatic rings. The minimum atomic E-state index is -4.79. The fourth-order valence-corrected chi connectivity index (χ4v) is 3.89. The van der Waals surface area contributed by atoms with Crippen LogP contribution in [0, 0.1) is 16.0 Å². The summed E-state index contributed by atoms with van der Waals surface area (Å²) in [5.41, 5.74) is 11.2. The summed E-state index contributed by atoms with van der Waals surface area (Å²) in [5, 5.41) is 17.1. The molecule has 1 aliphatic carbocycles. The normalized spacial score (nSPS) is 27.8. The van der Waals surface area contributed by atoms with Crippen LogP contribution in [0.1, 0.15) is 37.7 Å². The van der Waals surface area contributed by atoms with Crippen LogP contribution in [0.15, 0.2) is 41.2 Å². The highest BCUT2D eigenvalue weighted by atomic mass is 19.4. The van der Waals surface area contributed by atoms with Crippen LogP contribution in [0.3, 0.4) is 0 Å². The van der Waals surface area contributed by atoms with Crippen LogP contribution in [0.4, 0.5) is 13.2 Å². The summed E-state index contributed by atoms with van der Waals surface area (Å²) < 4.78 is 41.1. The number of nitrogens with one attached hydrogen (secondary N) is 2. The van der Waals surface area contributed by atoms with Crippen molar-refractivity contribution in [1.82, 2.24) is 10.6 Å². The topological polar surface area (TPSA) is 141 Å².